The van der Waals surface area contributed by atoms with E-state index < -0.39 is 0 Å². The zero-order valence-corrected chi connectivity index (χ0v) is 7.38. The minimum absolute atomic E-state index is 0.219. The largest absolute Gasteiger partial charge is 0.317 e. The van der Waals surface area contributed by atoms with E-state index in [2.05, 4.69) is 5.92 Å². The Labute approximate surface area is 77.5 Å². The molecule has 2 N–H and O–H groups in total. The SMILES string of the molecule is C#CC(N)Cc1cccc(Cl)c1. The van der Waals surface area contributed by atoms with Gasteiger partial charge in [-0.2, -0.15) is 0 Å². The monoisotopic (exact) mass is 179 g/mol. The maximum Gasteiger partial charge on any atom is 0.0702 e. The highest BCUT2D eigenvalue weighted by Crippen LogP contribution is 2.11. The lowest BCUT2D eigenvalue weighted by Crippen LogP contribution is -2.19. The first-order valence-corrected chi connectivity index (χ1v) is 4.06. The Bertz CT molecular complexity index is 301. The van der Waals surface area contributed by atoms with E-state index in [1.165, 1.54) is 0 Å². The maximum atomic E-state index is 5.78. The van der Waals surface area contributed by atoms with Crippen molar-refractivity contribution < 1.29 is 0 Å². The molecule has 1 aromatic carbocycles. The second-order valence-corrected chi connectivity index (χ2v) is 3.04. The van der Waals surface area contributed by atoms with Crippen molar-refractivity contribution in [1.29, 1.82) is 0 Å². The van der Waals surface area contributed by atoms with Gasteiger partial charge in [-0.1, -0.05) is 29.7 Å². The van der Waals surface area contributed by atoms with E-state index in [1.807, 2.05) is 24.3 Å². The molecule has 62 valence electrons. The fraction of sp³-hybridized carbons (Fsp3) is 0.200. The molecule has 1 atom stereocenters. The van der Waals surface area contributed by atoms with Crippen molar-refractivity contribution in [2.24, 2.45) is 5.73 Å². The van der Waals surface area contributed by atoms with Gasteiger partial charge in [-0.25, -0.2) is 0 Å². The van der Waals surface area contributed by atoms with Crippen LogP contribution in [0.4, 0.5) is 0 Å². The Kier molecular flexibility index (Phi) is 3.16. The van der Waals surface area contributed by atoms with Gasteiger partial charge in [0.2, 0.25) is 0 Å². The molecule has 0 saturated carbocycles. The van der Waals surface area contributed by atoms with Crippen LogP contribution in [0.3, 0.4) is 0 Å². The lowest BCUT2D eigenvalue weighted by Gasteiger charge is -2.03. The van der Waals surface area contributed by atoms with E-state index in [9.17, 15) is 0 Å². The zero-order valence-electron chi connectivity index (χ0n) is 6.63. The molecule has 0 amide bonds. The topological polar surface area (TPSA) is 26.0 Å². The van der Waals surface area contributed by atoms with E-state index >= 15 is 0 Å². The second-order valence-electron chi connectivity index (χ2n) is 2.61. The second kappa shape index (κ2) is 4.15. The van der Waals surface area contributed by atoms with E-state index in [1.54, 1.807) is 0 Å². The number of nitrogens with two attached hydrogens (primary N) is 1. The molecule has 0 aromatic heterocycles. The van der Waals surface area contributed by atoms with Crippen molar-refractivity contribution in [3.63, 3.8) is 0 Å². The Morgan fingerprint density at radius 3 is 2.92 bits per heavy atom. The Morgan fingerprint density at radius 1 is 1.58 bits per heavy atom. The van der Waals surface area contributed by atoms with Crippen LogP contribution in [0.2, 0.25) is 5.02 Å². The molecule has 1 aromatic rings. The summed E-state index contributed by atoms with van der Waals surface area (Å²) in [5.74, 6) is 2.47. The summed E-state index contributed by atoms with van der Waals surface area (Å²) in [6, 6.07) is 7.33. The summed E-state index contributed by atoms with van der Waals surface area (Å²) in [5, 5.41) is 0.719. The molecule has 2 heteroatoms. The summed E-state index contributed by atoms with van der Waals surface area (Å²) in [4.78, 5) is 0. The van der Waals surface area contributed by atoms with E-state index in [0.717, 1.165) is 10.6 Å². The molecule has 0 fully saturated rings. The average molecular weight is 180 g/mol. The number of terminal acetylenes is 1. The van der Waals surface area contributed by atoms with Gasteiger partial charge in [0.25, 0.3) is 0 Å². The van der Waals surface area contributed by atoms with Gasteiger partial charge >= 0.3 is 0 Å². The summed E-state index contributed by atoms with van der Waals surface area (Å²) in [6.07, 6.45) is 5.83. The molecular weight excluding hydrogens is 170 g/mol. The van der Waals surface area contributed by atoms with Gasteiger partial charge in [-0.3, -0.25) is 0 Å². The van der Waals surface area contributed by atoms with Crippen LogP contribution in [0.15, 0.2) is 24.3 Å². The number of hydrogen-bond acceptors (Lipinski definition) is 1. The third-order valence-electron chi connectivity index (χ3n) is 1.56. The van der Waals surface area contributed by atoms with Crippen LogP contribution < -0.4 is 5.73 Å². The highest BCUT2D eigenvalue weighted by atomic mass is 35.5. The molecular formula is C10H10ClN. The first-order chi connectivity index (χ1) is 5.72. The van der Waals surface area contributed by atoms with E-state index in [0.29, 0.717) is 6.42 Å². The van der Waals surface area contributed by atoms with Crippen molar-refractivity contribution in [2.45, 2.75) is 12.5 Å². The molecule has 0 aliphatic carbocycles. The smallest absolute Gasteiger partial charge is 0.0702 e. The predicted molar refractivity (Wildman–Crippen MR) is 52.0 cm³/mol. The van der Waals surface area contributed by atoms with Gasteiger partial charge in [0, 0.05) is 5.02 Å². The van der Waals surface area contributed by atoms with Gasteiger partial charge in [-0.05, 0) is 24.1 Å². The standard InChI is InChI=1S/C10H10ClN/c1-2-10(12)7-8-4-3-5-9(11)6-8/h1,3-6,10H,7,12H2. The van der Waals surface area contributed by atoms with Crippen molar-refractivity contribution in [1.82, 2.24) is 0 Å². The lowest BCUT2D eigenvalue weighted by molar-refractivity contribution is 0.836. The quantitative estimate of drug-likeness (QED) is 0.689. The first kappa shape index (κ1) is 9.12. The molecule has 12 heavy (non-hydrogen) atoms. The van der Waals surface area contributed by atoms with Crippen LogP contribution in [0.5, 0.6) is 0 Å². The third kappa shape index (κ3) is 2.58. The number of hydrogen-bond donors (Lipinski definition) is 1. The van der Waals surface area contributed by atoms with Gasteiger partial charge in [-0.15, -0.1) is 6.42 Å². The summed E-state index contributed by atoms with van der Waals surface area (Å²) in [5.41, 5.74) is 6.65. The fourth-order valence-electron chi connectivity index (χ4n) is 0.977. The van der Waals surface area contributed by atoms with Crippen LogP contribution in [0, 0.1) is 12.3 Å². The molecule has 0 heterocycles. The Morgan fingerprint density at radius 2 is 2.33 bits per heavy atom. The van der Waals surface area contributed by atoms with E-state index in [-0.39, 0.29) is 6.04 Å². The Balaban J connectivity index is 2.71. The number of rotatable bonds is 2. The highest BCUT2D eigenvalue weighted by Gasteiger charge is 1.99. The van der Waals surface area contributed by atoms with E-state index in [4.69, 9.17) is 23.8 Å². The molecule has 0 radical (unpaired) electrons. The van der Waals surface area contributed by atoms with Gasteiger partial charge < -0.3 is 5.73 Å². The predicted octanol–water partition coefficient (Wildman–Crippen LogP) is 1.84. The van der Waals surface area contributed by atoms with Crippen molar-refractivity contribution in [2.75, 3.05) is 0 Å². The summed E-state index contributed by atoms with van der Waals surface area (Å²) < 4.78 is 0. The summed E-state index contributed by atoms with van der Waals surface area (Å²) in [6.45, 7) is 0. The van der Waals surface area contributed by atoms with Gasteiger partial charge in [0.1, 0.15) is 0 Å². The van der Waals surface area contributed by atoms with Crippen LogP contribution in [-0.2, 0) is 6.42 Å². The highest BCUT2D eigenvalue weighted by molar-refractivity contribution is 6.30. The van der Waals surface area contributed by atoms with Gasteiger partial charge in [0.15, 0.2) is 0 Å². The maximum absolute atomic E-state index is 5.78. The molecule has 0 aliphatic heterocycles. The van der Waals surface area contributed by atoms with Crippen molar-refractivity contribution >= 4 is 11.6 Å². The van der Waals surface area contributed by atoms with Crippen LogP contribution >= 0.6 is 11.6 Å². The van der Waals surface area contributed by atoms with Gasteiger partial charge in [0.05, 0.1) is 6.04 Å². The molecule has 0 saturated heterocycles. The third-order valence-corrected chi connectivity index (χ3v) is 1.79. The van der Waals surface area contributed by atoms with Crippen molar-refractivity contribution in [3.05, 3.63) is 34.9 Å². The van der Waals surface area contributed by atoms with Crippen molar-refractivity contribution in [3.8, 4) is 12.3 Å². The molecule has 0 spiro atoms. The minimum Gasteiger partial charge on any atom is -0.317 e. The lowest BCUT2D eigenvalue weighted by atomic mass is 10.1. The fourth-order valence-corrected chi connectivity index (χ4v) is 1.19. The molecule has 0 bridgehead atoms. The summed E-state index contributed by atoms with van der Waals surface area (Å²) in [7, 11) is 0. The zero-order chi connectivity index (χ0) is 8.97. The number of benzene rings is 1. The van der Waals surface area contributed by atoms with Crippen LogP contribution in [-0.4, -0.2) is 6.04 Å². The average Bonchev–Trinajstić information content (AvgIpc) is 2.04. The molecule has 1 rings (SSSR count). The normalized spacial score (nSPS) is 12.1. The van der Waals surface area contributed by atoms with Crippen LogP contribution in [0.1, 0.15) is 5.56 Å². The Hall–Kier alpha value is -0.970. The first-order valence-electron chi connectivity index (χ1n) is 3.68. The molecule has 1 unspecified atom stereocenters. The van der Waals surface area contributed by atoms with Crippen LogP contribution in [0.25, 0.3) is 0 Å². The number of halogens is 1. The molecule has 1 nitrogen and oxygen atoms in total. The molecule has 0 aliphatic rings. The minimum atomic E-state index is -0.219. The summed E-state index contributed by atoms with van der Waals surface area (Å²) >= 11 is 5.78.